The zero-order valence-electron chi connectivity index (χ0n) is 18.0. The lowest BCUT2D eigenvalue weighted by Crippen LogP contribution is -2.34. The maximum absolute atomic E-state index is 12.9. The summed E-state index contributed by atoms with van der Waals surface area (Å²) in [6.45, 7) is 4.58. The van der Waals surface area contributed by atoms with Crippen LogP contribution in [0.4, 0.5) is 5.00 Å². The van der Waals surface area contributed by atoms with Crippen LogP contribution in [0.1, 0.15) is 39.2 Å². The third-order valence-electron chi connectivity index (χ3n) is 5.30. The highest BCUT2D eigenvalue weighted by Gasteiger charge is 2.31. The Hall–Kier alpha value is -2.58. The molecule has 1 saturated carbocycles. The number of aryl methyl sites for hydroxylation is 1. The molecule has 0 unspecified atom stereocenters. The van der Waals surface area contributed by atoms with Gasteiger partial charge in [0.05, 0.1) is 33.4 Å². The van der Waals surface area contributed by atoms with Gasteiger partial charge in [-0.15, -0.1) is 11.3 Å². The van der Waals surface area contributed by atoms with Crippen LogP contribution in [-0.4, -0.2) is 50.7 Å². The third kappa shape index (κ3) is 4.94. The lowest BCUT2D eigenvalue weighted by atomic mass is 10.1. The van der Waals surface area contributed by atoms with Gasteiger partial charge >= 0.3 is 5.97 Å². The van der Waals surface area contributed by atoms with Gasteiger partial charge in [0.15, 0.2) is 0 Å². The molecule has 1 aliphatic rings. The second-order valence-corrected chi connectivity index (χ2v) is 8.57. The Kier molecular flexibility index (Phi) is 6.99. The molecule has 1 aromatic carbocycles. The van der Waals surface area contributed by atoms with E-state index in [4.69, 9.17) is 14.2 Å². The summed E-state index contributed by atoms with van der Waals surface area (Å²) in [6.07, 6.45) is 2.12. The Balaban J connectivity index is 1.75. The molecule has 1 aliphatic carbocycles. The normalized spacial score (nSPS) is 13.3. The number of benzene rings is 1. The molecule has 1 fully saturated rings. The first-order valence-electron chi connectivity index (χ1n) is 9.81. The first kappa shape index (κ1) is 22.1. The SMILES string of the molecule is COC(=O)c1c(NC(=O)CN(Cc2cc(OC)ccc2OC)C2CC2)sc(C)c1C. The molecule has 7 nitrogen and oxygen atoms in total. The Bertz CT molecular complexity index is 936. The predicted molar refractivity (Wildman–Crippen MR) is 117 cm³/mol. The van der Waals surface area contributed by atoms with Gasteiger partial charge in [-0.05, 0) is 50.5 Å². The van der Waals surface area contributed by atoms with Crippen molar-refractivity contribution in [3.8, 4) is 11.5 Å². The zero-order valence-corrected chi connectivity index (χ0v) is 18.9. The maximum atomic E-state index is 12.9. The van der Waals surface area contributed by atoms with Gasteiger partial charge in [0, 0.05) is 23.0 Å². The summed E-state index contributed by atoms with van der Waals surface area (Å²) < 4.78 is 15.7. The van der Waals surface area contributed by atoms with Gasteiger partial charge in [-0.25, -0.2) is 4.79 Å². The maximum Gasteiger partial charge on any atom is 0.341 e. The van der Waals surface area contributed by atoms with Crippen LogP contribution in [0.3, 0.4) is 0 Å². The standard InChI is InChI=1S/C22H28N2O5S/c1-13-14(2)30-21(20(13)22(26)29-5)23-19(25)12-24(16-6-7-16)11-15-10-17(27-3)8-9-18(15)28-4/h8-10,16H,6-7,11-12H2,1-5H3,(H,23,25). The summed E-state index contributed by atoms with van der Waals surface area (Å²) in [4.78, 5) is 28.1. The minimum atomic E-state index is -0.438. The fraction of sp³-hybridized carbons (Fsp3) is 0.455. The molecule has 1 heterocycles. The lowest BCUT2D eigenvalue weighted by Gasteiger charge is -2.23. The van der Waals surface area contributed by atoms with Gasteiger partial charge in [0.2, 0.25) is 5.91 Å². The Morgan fingerprint density at radius 3 is 2.50 bits per heavy atom. The summed E-state index contributed by atoms with van der Waals surface area (Å²) in [6, 6.07) is 6.03. The second kappa shape index (κ2) is 9.49. The molecule has 8 heteroatoms. The third-order valence-corrected chi connectivity index (χ3v) is 6.42. The molecule has 162 valence electrons. The van der Waals surface area contributed by atoms with E-state index < -0.39 is 5.97 Å². The van der Waals surface area contributed by atoms with Crippen molar-refractivity contribution >= 4 is 28.2 Å². The van der Waals surface area contributed by atoms with Gasteiger partial charge in [-0.3, -0.25) is 9.69 Å². The number of hydrogen-bond acceptors (Lipinski definition) is 7. The number of anilines is 1. The Morgan fingerprint density at radius 1 is 1.17 bits per heavy atom. The average molecular weight is 433 g/mol. The van der Waals surface area contributed by atoms with Crippen molar-refractivity contribution in [1.29, 1.82) is 0 Å². The Morgan fingerprint density at radius 2 is 1.90 bits per heavy atom. The van der Waals surface area contributed by atoms with Crippen molar-refractivity contribution in [3.63, 3.8) is 0 Å². The monoisotopic (exact) mass is 432 g/mol. The van der Waals surface area contributed by atoms with Crippen molar-refractivity contribution < 1.29 is 23.8 Å². The molecule has 30 heavy (non-hydrogen) atoms. The molecule has 0 atom stereocenters. The molecule has 0 radical (unpaired) electrons. The number of rotatable bonds is 9. The van der Waals surface area contributed by atoms with Crippen molar-refractivity contribution in [2.45, 2.75) is 39.3 Å². The zero-order chi connectivity index (χ0) is 21.8. The molecule has 1 N–H and O–H groups in total. The minimum Gasteiger partial charge on any atom is -0.497 e. The van der Waals surface area contributed by atoms with Gasteiger partial charge in [0.1, 0.15) is 16.5 Å². The summed E-state index contributed by atoms with van der Waals surface area (Å²) >= 11 is 1.39. The topological polar surface area (TPSA) is 77.1 Å². The predicted octanol–water partition coefficient (Wildman–Crippen LogP) is 3.77. The van der Waals surface area contributed by atoms with E-state index in [1.54, 1.807) is 14.2 Å². The van der Waals surface area contributed by atoms with Crippen LogP contribution in [0.25, 0.3) is 0 Å². The van der Waals surface area contributed by atoms with Crippen LogP contribution < -0.4 is 14.8 Å². The van der Waals surface area contributed by atoms with Crippen LogP contribution >= 0.6 is 11.3 Å². The molecular weight excluding hydrogens is 404 g/mol. The molecule has 0 bridgehead atoms. The number of nitrogens with zero attached hydrogens (tertiary/aromatic N) is 1. The summed E-state index contributed by atoms with van der Waals surface area (Å²) in [7, 11) is 4.60. The van der Waals surface area contributed by atoms with Crippen LogP contribution in [0.2, 0.25) is 0 Å². The van der Waals surface area contributed by atoms with E-state index in [0.29, 0.717) is 23.2 Å². The molecule has 0 aliphatic heterocycles. The fourth-order valence-electron chi connectivity index (χ4n) is 3.39. The van der Waals surface area contributed by atoms with E-state index in [2.05, 4.69) is 10.2 Å². The number of nitrogens with one attached hydrogen (secondary N) is 1. The van der Waals surface area contributed by atoms with Gasteiger partial charge in [-0.2, -0.15) is 0 Å². The first-order chi connectivity index (χ1) is 14.4. The number of carbonyl (C=O) groups is 2. The van der Waals surface area contributed by atoms with Gasteiger partial charge < -0.3 is 19.5 Å². The smallest absolute Gasteiger partial charge is 0.341 e. The van der Waals surface area contributed by atoms with E-state index in [1.165, 1.54) is 18.4 Å². The van der Waals surface area contributed by atoms with Crippen molar-refractivity contribution in [3.05, 3.63) is 39.8 Å². The lowest BCUT2D eigenvalue weighted by molar-refractivity contribution is -0.117. The number of methoxy groups -OCH3 is 3. The fourth-order valence-corrected chi connectivity index (χ4v) is 4.46. The number of ether oxygens (including phenoxy) is 3. The molecule has 0 saturated heterocycles. The average Bonchev–Trinajstić information content (AvgIpc) is 3.54. The highest BCUT2D eigenvalue weighted by Crippen LogP contribution is 2.34. The molecule has 1 aromatic heterocycles. The highest BCUT2D eigenvalue weighted by atomic mass is 32.1. The summed E-state index contributed by atoms with van der Waals surface area (Å²) in [5.41, 5.74) is 2.23. The van der Waals surface area contributed by atoms with Crippen LogP contribution in [0.15, 0.2) is 18.2 Å². The minimum absolute atomic E-state index is 0.157. The second-order valence-electron chi connectivity index (χ2n) is 7.34. The van der Waals surface area contributed by atoms with E-state index in [1.807, 2.05) is 32.0 Å². The highest BCUT2D eigenvalue weighted by molar-refractivity contribution is 7.16. The summed E-state index contributed by atoms with van der Waals surface area (Å²) in [5, 5.41) is 3.46. The van der Waals surface area contributed by atoms with Crippen molar-refractivity contribution in [2.75, 3.05) is 33.2 Å². The number of carbonyl (C=O) groups excluding carboxylic acids is 2. The van der Waals surface area contributed by atoms with Crippen LogP contribution in [0, 0.1) is 13.8 Å². The van der Waals surface area contributed by atoms with E-state index in [9.17, 15) is 9.59 Å². The first-order valence-corrected chi connectivity index (χ1v) is 10.6. The van der Waals surface area contributed by atoms with Gasteiger partial charge in [0.25, 0.3) is 0 Å². The van der Waals surface area contributed by atoms with Gasteiger partial charge in [-0.1, -0.05) is 0 Å². The molecule has 2 aromatic rings. The van der Waals surface area contributed by atoms with E-state index >= 15 is 0 Å². The number of thiophene rings is 1. The van der Waals surface area contributed by atoms with Crippen molar-refractivity contribution in [1.82, 2.24) is 4.90 Å². The van der Waals surface area contributed by atoms with E-state index in [0.717, 1.165) is 40.3 Å². The molecular formula is C22H28N2O5S. The number of amides is 1. The molecule has 0 spiro atoms. The van der Waals surface area contributed by atoms with Crippen LogP contribution in [-0.2, 0) is 16.1 Å². The number of esters is 1. The van der Waals surface area contributed by atoms with Crippen LogP contribution in [0.5, 0.6) is 11.5 Å². The largest absolute Gasteiger partial charge is 0.497 e. The molecule has 3 rings (SSSR count). The Labute approximate surface area is 180 Å². The van der Waals surface area contributed by atoms with Crippen molar-refractivity contribution in [2.24, 2.45) is 0 Å². The van der Waals surface area contributed by atoms with E-state index in [-0.39, 0.29) is 12.5 Å². The number of hydrogen-bond donors (Lipinski definition) is 1. The molecule has 1 amide bonds. The quantitative estimate of drug-likeness (QED) is 0.608. The summed E-state index contributed by atoms with van der Waals surface area (Å²) in [5.74, 6) is 0.917.